The molecule has 2 rings (SSSR count). The van der Waals surface area contributed by atoms with Gasteiger partial charge in [0, 0.05) is 31.4 Å². The summed E-state index contributed by atoms with van der Waals surface area (Å²) in [6.45, 7) is 3.37. The molecule has 0 saturated carbocycles. The van der Waals surface area contributed by atoms with E-state index in [0.717, 1.165) is 36.6 Å². The molecule has 1 aliphatic rings. The summed E-state index contributed by atoms with van der Waals surface area (Å²) in [5.74, 6) is 1.67. The first-order valence-electron chi connectivity index (χ1n) is 6.03. The van der Waals surface area contributed by atoms with Gasteiger partial charge < -0.3 is 20.1 Å². The number of benzene rings is 1. The summed E-state index contributed by atoms with van der Waals surface area (Å²) in [5, 5.41) is 0. The minimum atomic E-state index is 0.278. The van der Waals surface area contributed by atoms with Gasteiger partial charge in [-0.15, -0.1) is 0 Å². The van der Waals surface area contributed by atoms with E-state index >= 15 is 0 Å². The fourth-order valence-electron chi connectivity index (χ4n) is 1.90. The number of hydrogen-bond acceptors (Lipinski definition) is 4. The van der Waals surface area contributed by atoms with Crippen LogP contribution in [0.15, 0.2) is 18.2 Å². The topological polar surface area (TPSA) is 47.7 Å². The van der Waals surface area contributed by atoms with Crippen molar-refractivity contribution in [2.24, 2.45) is 5.73 Å². The average molecular weight is 236 g/mol. The van der Waals surface area contributed by atoms with E-state index in [1.165, 1.54) is 0 Å². The molecule has 1 aliphatic heterocycles. The number of fused-ring (bicyclic) bond motifs is 1. The molecule has 0 amide bonds. The van der Waals surface area contributed by atoms with Gasteiger partial charge in [0.05, 0.1) is 0 Å². The molecule has 1 heterocycles. The maximum atomic E-state index is 5.74. The fraction of sp³-hybridized carbons (Fsp3) is 0.538. The molecule has 0 spiro atoms. The Morgan fingerprint density at radius 1 is 1.35 bits per heavy atom. The Balaban J connectivity index is 1.92. The largest absolute Gasteiger partial charge is 0.454 e. The van der Waals surface area contributed by atoms with Crippen LogP contribution in [0.3, 0.4) is 0 Å². The van der Waals surface area contributed by atoms with Crippen LogP contribution in [0.1, 0.15) is 19.8 Å². The summed E-state index contributed by atoms with van der Waals surface area (Å²) in [4.78, 5) is 2.21. The molecule has 0 bridgehead atoms. The number of rotatable bonds is 5. The van der Waals surface area contributed by atoms with Crippen molar-refractivity contribution in [2.75, 3.05) is 25.3 Å². The molecule has 2 N–H and O–H groups in total. The van der Waals surface area contributed by atoms with Crippen molar-refractivity contribution in [1.82, 2.24) is 0 Å². The lowest BCUT2D eigenvalue weighted by Crippen LogP contribution is -2.21. The summed E-state index contributed by atoms with van der Waals surface area (Å²) in [6, 6.07) is 6.31. The predicted octanol–water partition coefficient (Wildman–Crippen LogP) is 1.98. The second kappa shape index (κ2) is 5.27. The van der Waals surface area contributed by atoms with Crippen LogP contribution in [-0.2, 0) is 0 Å². The Hall–Kier alpha value is -1.42. The standard InChI is InChI=1S/C13H20N2O2/c1-10(14)4-3-7-15(2)11-5-6-12-13(8-11)17-9-16-12/h5-6,8,10H,3-4,7,9,14H2,1-2H3. The average Bonchev–Trinajstić information content (AvgIpc) is 2.75. The molecule has 1 aromatic carbocycles. The molecule has 0 fully saturated rings. The normalized spacial score (nSPS) is 14.8. The first-order valence-corrected chi connectivity index (χ1v) is 6.03. The molecule has 0 saturated heterocycles. The van der Waals surface area contributed by atoms with Crippen molar-refractivity contribution in [1.29, 1.82) is 0 Å². The van der Waals surface area contributed by atoms with Gasteiger partial charge in [0.15, 0.2) is 11.5 Å². The second-order valence-corrected chi connectivity index (χ2v) is 4.58. The van der Waals surface area contributed by atoms with Crippen LogP contribution in [0.5, 0.6) is 11.5 Å². The van der Waals surface area contributed by atoms with E-state index in [9.17, 15) is 0 Å². The SMILES string of the molecule is CC(N)CCCN(C)c1ccc2c(c1)OCO2. The fourth-order valence-corrected chi connectivity index (χ4v) is 1.90. The Kier molecular flexibility index (Phi) is 3.74. The highest BCUT2D eigenvalue weighted by Crippen LogP contribution is 2.35. The number of ether oxygens (including phenoxy) is 2. The van der Waals surface area contributed by atoms with Gasteiger partial charge in [0.2, 0.25) is 6.79 Å². The van der Waals surface area contributed by atoms with E-state index in [2.05, 4.69) is 18.0 Å². The van der Waals surface area contributed by atoms with Gasteiger partial charge in [-0.3, -0.25) is 0 Å². The molecular formula is C13H20N2O2. The number of anilines is 1. The first kappa shape index (κ1) is 12.0. The van der Waals surface area contributed by atoms with Crippen molar-refractivity contribution in [2.45, 2.75) is 25.8 Å². The zero-order valence-electron chi connectivity index (χ0n) is 10.5. The van der Waals surface area contributed by atoms with Gasteiger partial charge >= 0.3 is 0 Å². The first-order chi connectivity index (χ1) is 8.16. The monoisotopic (exact) mass is 236 g/mol. The highest BCUT2D eigenvalue weighted by atomic mass is 16.7. The second-order valence-electron chi connectivity index (χ2n) is 4.58. The predicted molar refractivity (Wildman–Crippen MR) is 68.7 cm³/mol. The van der Waals surface area contributed by atoms with E-state index in [-0.39, 0.29) is 6.04 Å². The Bertz CT molecular complexity index is 380. The molecule has 4 nitrogen and oxygen atoms in total. The third-order valence-corrected chi connectivity index (χ3v) is 2.95. The van der Waals surface area contributed by atoms with Crippen LogP contribution in [0, 0.1) is 0 Å². The molecule has 94 valence electrons. The summed E-state index contributed by atoms with van der Waals surface area (Å²) >= 11 is 0. The van der Waals surface area contributed by atoms with Crippen molar-refractivity contribution >= 4 is 5.69 Å². The quantitative estimate of drug-likeness (QED) is 0.849. The third-order valence-electron chi connectivity index (χ3n) is 2.95. The summed E-state index contributed by atoms with van der Waals surface area (Å²) in [5.41, 5.74) is 6.89. The van der Waals surface area contributed by atoms with Crippen LogP contribution in [0.2, 0.25) is 0 Å². The summed E-state index contributed by atoms with van der Waals surface area (Å²) in [7, 11) is 2.08. The van der Waals surface area contributed by atoms with E-state index in [4.69, 9.17) is 15.2 Å². The molecule has 0 aliphatic carbocycles. The Morgan fingerprint density at radius 2 is 2.12 bits per heavy atom. The van der Waals surface area contributed by atoms with Crippen molar-refractivity contribution in [3.8, 4) is 11.5 Å². The van der Waals surface area contributed by atoms with Crippen molar-refractivity contribution < 1.29 is 9.47 Å². The number of hydrogen-bond donors (Lipinski definition) is 1. The lowest BCUT2D eigenvalue weighted by molar-refractivity contribution is 0.174. The Morgan fingerprint density at radius 3 is 2.88 bits per heavy atom. The van der Waals surface area contributed by atoms with Gasteiger partial charge in [0.25, 0.3) is 0 Å². The third kappa shape index (κ3) is 3.03. The molecule has 4 heteroatoms. The van der Waals surface area contributed by atoms with Gasteiger partial charge in [-0.25, -0.2) is 0 Å². The maximum Gasteiger partial charge on any atom is 0.231 e. The molecule has 0 radical (unpaired) electrons. The zero-order chi connectivity index (χ0) is 12.3. The van der Waals surface area contributed by atoms with Crippen LogP contribution in [-0.4, -0.2) is 26.4 Å². The van der Waals surface area contributed by atoms with Crippen LogP contribution >= 0.6 is 0 Å². The highest BCUT2D eigenvalue weighted by Gasteiger charge is 2.14. The van der Waals surface area contributed by atoms with E-state index < -0.39 is 0 Å². The van der Waals surface area contributed by atoms with Gasteiger partial charge in [-0.05, 0) is 31.9 Å². The molecule has 1 unspecified atom stereocenters. The summed E-state index contributed by atoms with van der Waals surface area (Å²) in [6.07, 6.45) is 2.15. The Labute approximate surface area is 102 Å². The van der Waals surface area contributed by atoms with Crippen LogP contribution in [0.4, 0.5) is 5.69 Å². The highest BCUT2D eigenvalue weighted by molar-refractivity contribution is 5.56. The minimum absolute atomic E-state index is 0.278. The minimum Gasteiger partial charge on any atom is -0.454 e. The lowest BCUT2D eigenvalue weighted by atomic mass is 10.2. The van der Waals surface area contributed by atoms with E-state index in [1.807, 2.05) is 19.1 Å². The van der Waals surface area contributed by atoms with E-state index in [1.54, 1.807) is 0 Å². The van der Waals surface area contributed by atoms with E-state index in [0.29, 0.717) is 6.79 Å². The molecular weight excluding hydrogens is 216 g/mol. The summed E-state index contributed by atoms with van der Waals surface area (Å²) < 4.78 is 10.7. The maximum absolute atomic E-state index is 5.74. The van der Waals surface area contributed by atoms with Crippen LogP contribution in [0.25, 0.3) is 0 Å². The van der Waals surface area contributed by atoms with Crippen LogP contribution < -0.4 is 20.1 Å². The molecule has 17 heavy (non-hydrogen) atoms. The molecule has 1 atom stereocenters. The lowest BCUT2D eigenvalue weighted by Gasteiger charge is -2.20. The van der Waals surface area contributed by atoms with Gasteiger partial charge in [-0.1, -0.05) is 0 Å². The smallest absolute Gasteiger partial charge is 0.231 e. The van der Waals surface area contributed by atoms with Crippen molar-refractivity contribution in [3.05, 3.63) is 18.2 Å². The molecule has 1 aromatic rings. The van der Waals surface area contributed by atoms with Crippen molar-refractivity contribution in [3.63, 3.8) is 0 Å². The van der Waals surface area contributed by atoms with Gasteiger partial charge in [-0.2, -0.15) is 0 Å². The number of nitrogens with zero attached hydrogens (tertiary/aromatic N) is 1. The zero-order valence-corrected chi connectivity index (χ0v) is 10.5. The van der Waals surface area contributed by atoms with Gasteiger partial charge in [0.1, 0.15) is 0 Å². The number of nitrogens with two attached hydrogens (primary N) is 1. The molecule has 0 aromatic heterocycles.